The molecule has 0 spiro atoms. The largest absolute Gasteiger partial charge is 0.459 e. The topological polar surface area (TPSA) is 74.9 Å². The van der Waals surface area contributed by atoms with Gasteiger partial charge in [0.1, 0.15) is 18.2 Å². The molecule has 8 heteroatoms. The molecule has 0 radical (unpaired) electrons. The van der Waals surface area contributed by atoms with E-state index in [9.17, 15) is 9.18 Å². The minimum Gasteiger partial charge on any atom is -0.459 e. The standard InChI is InChI=1S/C23H24FN3O4/c1-15(2)30-23(28)18-7-5-17(6-8-18)14-29-25-13-21-16(3)26-27(4)22(21)31-20-11-9-19(24)10-12-20/h5-13,15H,14H2,1-4H3/b25-13+. The lowest BCUT2D eigenvalue weighted by atomic mass is 10.1. The van der Waals surface area contributed by atoms with Crippen molar-refractivity contribution in [2.24, 2.45) is 12.2 Å². The highest BCUT2D eigenvalue weighted by molar-refractivity contribution is 5.89. The molecule has 0 saturated heterocycles. The van der Waals surface area contributed by atoms with Gasteiger partial charge >= 0.3 is 5.97 Å². The van der Waals surface area contributed by atoms with Crippen molar-refractivity contribution in [3.8, 4) is 11.6 Å². The maximum Gasteiger partial charge on any atom is 0.338 e. The number of carbonyl (C=O) groups excluding carboxylic acids is 1. The van der Waals surface area contributed by atoms with Crippen molar-refractivity contribution in [1.82, 2.24) is 9.78 Å². The number of aryl methyl sites for hydroxylation is 2. The van der Waals surface area contributed by atoms with E-state index in [1.807, 2.05) is 6.92 Å². The Bertz CT molecular complexity index is 1060. The number of halogens is 1. The van der Waals surface area contributed by atoms with Crippen molar-refractivity contribution in [3.63, 3.8) is 0 Å². The van der Waals surface area contributed by atoms with Gasteiger partial charge < -0.3 is 14.3 Å². The predicted octanol–water partition coefficient (Wildman–Crippen LogP) is 4.78. The number of hydrogen-bond acceptors (Lipinski definition) is 6. The van der Waals surface area contributed by atoms with E-state index in [4.69, 9.17) is 14.3 Å². The molecular formula is C23H24FN3O4. The fraction of sp³-hybridized carbons (Fsp3) is 0.261. The van der Waals surface area contributed by atoms with Gasteiger partial charge in [-0.2, -0.15) is 5.10 Å². The predicted molar refractivity (Wildman–Crippen MR) is 114 cm³/mol. The summed E-state index contributed by atoms with van der Waals surface area (Å²) in [6, 6.07) is 12.7. The molecule has 1 heterocycles. The van der Waals surface area contributed by atoms with Gasteiger partial charge in [-0.15, -0.1) is 0 Å². The van der Waals surface area contributed by atoms with Gasteiger partial charge in [0.05, 0.1) is 29.1 Å². The Kier molecular flexibility index (Phi) is 7.02. The van der Waals surface area contributed by atoms with E-state index in [0.29, 0.717) is 28.5 Å². The van der Waals surface area contributed by atoms with Crippen LogP contribution in [0.25, 0.3) is 0 Å². The lowest BCUT2D eigenvalue weighted by molar-refractivity contribution is 0.0378. The van der Waals surface area contributed by atoms with Crippen LogP contribution in [0, 0.1) is 12.7 Å². The van der Waals surface area contributed by atoms with Gasteiger partial charge in [-0.3, -0.25) is 0 Å². The molecule has 2 aromatic carbocycles. The number of oxime groups is 1. The van der Waals surface area contributed by atoms with E-state index < -0.39 is 0 Å². The molecule has 0 aliphatic carbocycles. The van der Waals surface area contributed by atoms with Crippen molar-refractivity contribution in [3.05, 3.63) is 76.7 Å². The van der Waals surface area contributed by atoms with Gasteiger partial charge in [0, 0.05) is 7.05 Å². The summed E-state index contributed by atoms with van der Waals surface area (Å²) in [5.74, 6) is 0.246. The third-order valence-corrected chi connectivity index (χ3v) is 4.26. The third kappa shape index (κ3) is 5.91. The second kappa shape index (κ2) is 9.88. The molecule has 0 amide bonds. The van der Waals surface area contributed by atoms with Crippen LogP contribution >= 0.6 is 0 Å². The van der Waals surface area contributed by atoms with Crippen molar-refractivity contribution in [2.45, 2.75) is 33.5 Å². The van der Waals surface area contributed by atoms with Gasteiger partial charge in [0.2, 0.25) is 5.88 Å². The number of rotatable bonds is 8. The van der Waals surface area contributed by atoms with Crippen LogP contribution in [-0.2, 0) is 23.2 Å². The summed E-state index contributed by atoms with van der Waals surface area (Å²) in [6.07, 6.45) is 1.35. The van der Waals surface area contributed by atoms with Crippen LogP contribution in [0.3, 0.4) is 0 Å². The summed E-state index contributed by atoms with van der Waals surface area (Å²) in [5, 5.41) is 8.35. The maximum absolute atomic E-state index is 13.1. The fourth-order valence-electron chi connectivity index (χ4n) is 2.76. The highest BCUT2D eigenvalue weighted by Gasteiger charge is 2.14. The molecule has 0 saturated carbocycles. The summed E-state index contributed by atoms with van der Waals surface area (Å²) < 4.78 is 25.7. The van der Waals surface area contributed by atoms with Crippen LogP contribution in [0.15, 0.2) is 53.7 Å². The molecule has 0 fully saturated rings. The van der Waals surface area contributed by atoms with Crippen molar-refractivity contribution in [2.75, 3.05) is 0 Å². The van der Waals surface area contributed by atoms with Crippen molar-refractivity contribution < 1.29 is 23.5 Å². The first-order valence-corrected chi connectivity index (χ1v) is 9.75. The quantitative estimate of drug-likeness (QED) is 0.295. The van der Waals surface area contributed by atoms with Crippen molar-refractivity contribution in [1.29, 1.82) is 0 Å². The van der Waals surface area contributed by atoms with Crippen LogP contribution < -0.4 is 4.74 Å². The van der Waals surface area contributed by atoms with Gasteiger partial charge in [0.15, 0.2) is 0 Å². The lowest BCUT2D eigenvalue weighted by Crippen LogP contribution is -2.11. The monoisotopic (exact) mass is 425 g/mol. The SMILES string of the molecule is Cc1nn(C)c(Oc2ccc(F)cc2)c1/C=N/OCc1ccc(C(=O)OC(C)C)cc1. The van der Waals surface area contributed by atoms with E-state index in [1.165, 1.54) is 30.5 Å². The Morgan fingerprint density at radius 2 is 1.84 bits per heavy atom. The minimum atomic E-state index is -0.360. The van der Waals surface area contributed by atoms with E-state index >= 15 is 0 Å². The van der Waals surface area contributed by atoms with E-state index in [1.54, 1.807) is 49.8 Å². The smallest absolute Gasteiger partial charge is 0.338 e. The molecular weight excluding hydrogens is 401 g/mol. The summed E-state index contributed by atoms with van der Waals surface area (Å²) in [7, 11) is 1.75. The molecule has 1 aromatic heterocycles. The second-order valence-corrected chi connectivity index (χ2v) is 7.14. The van der Waals surface area contributed by atoms with Crippen LogP contribution in [0.5, 0.6) is 11.6 Å². The zero-order valence-corrected chi connectivity index (χ0v) is 17.8. The van der Waals surface area contributed by atoms with Crippen molar-refractivity contribution >= 4 is 12.2 Å². The van der Waals surface area contributed by atoms with Crippen LogP contribution in [0.4, 0.5) is 4.39 Å². The lowest BCUT2D eigenvalue weighted by Gasteiger charge is -2.08. The first-order valence-electron chi connectivity index (χ1n) is 9.75. The molecule has 7 nitrogen and oxygen atoms in total. The van der Waals surface area contributed by atoms with Gasteiger partial charge in [-0.05, 0) is 62.7 Å². The Morgan fingerprint density at radius 3 is 2.48 bits per heavy atom. The molecule has 0 atom stereocenters. The fourth-order valence-corrected chi connectivity index (χ4v) is 2.76. The Balaban J connectivity index is 1.62. The molecule has 0 unspecified atom stereocenters. The number of benzene rings is 2. The Hall–Kier alpha value is -3.68. The van der Waals surface area contributed by atoms with E-state index in [0.717, 1.165) is 5.56 Å². The zero-order valence-electron chi connectivity index (χ0n) is 17.8. The number of ether oxygens (including phenoxy) is 2. The number of esters is 1. The molecule has 3 rings (SSSR count). The average molecular weight is 425 g/mol. The van der Waals surface area contributed by atoms with Gasteiger partial charge in [-0.1, -0.05) is 17.3 Å². The van der Waals surface area contributed by atoms with Crippen LogP contribution in [0.1, 0.15) is 41.0 Å². The van der Waals surface area contributed by atoms with E-state index in [2.05, 4.69) is 10.3 Å². The summed E-state index contributed by atoms with van der Waals surface area (Å²) >= 11 is 0. The highest BCUT2D eigenvalue weighted by Crippen LogP contribution is 2.26. The first-order chi connectivity index (χ1) is 14.8. The summed E-state index contributed by atoms with van der Waals surface area (Å²) in [4.78, 5) is 17.3. The summed E-state index contributed by atoms with van der Waals surface area (Å²) in [5.41, 5.74) is 2.69. The summed E-state index contributed by atoms with van der Waals surface area (Å²) in [6.45, 7) is 5.66. The van der Waals surface area contributed by atoms with Gasteiger partial charge in [0.25, 0.3) is 0 Å². The second-order valence-electron chi connectivity index (χ2n) is 7.14. The molecule has 0 bridgehead atoms. The number of carbonyl (C=O) groups is 1. The average Bonchev–Trinajstić information content (AvgIpc) is 2.99. The molecule has 0 N–H and O–H groups in total. The molecule has 0 aliphatic rings. The Labute approximate surface area is 180 Å². The highest BCUT2D eigenvalue weighted by atomic mass is 19.1. The number of hydrogen-bond donors (Lipinski definition) is 0. The van der Waals surface area contributed by atoms with Gasteiger partial charge in [-0.25, -0.2) is 13.9 Å². The van der Waals surface area contributed by atoms with Crippen LogP contribution in [0.2, 0.25) is 0 Å². The molecule has 3 aromatic rings. The third-order valence-electron chi connectivity index (χ3n) is 4.26. The number of nitrogens with zero attached hydrogens (tertiary/aromatic N) is 3. The van der Waals surface area contributed by atoms with Crippen LogP contribution in [-0.4, -0.2) is 28.1 Å². The maximum atomic E-state index is 13.1. The number of aromatic nitrogens is 2. The molecule has 31 heavy (non-hydrogen) atoms. The Morgan fingerprint density at radius 1 is 1.16 bits per heavy atom. The molecule has 0 aliphatic heterocycles. The minimum absolute atomic E-state index is 0.169. The van der Waals surface area contributed by atoms with E-state index in [-0.39, 0.29) is 24.5 Å². The molecule has 162 valence electrons. The normalized spacial score (nSPS) is 11.2. The zero-order chi connectivity index (χ0) is 22.4. The first kappa shape index (κ1) is 22.0.